The molecule has 1 heterocycles. The van der Waals surface area contributed by atoms with Crippen molar-refractivity contribution in [2.45, 2.75) is 6.04 Å². The van der Waals surface area contributed by atoms with Gasteiger partial charge in [-0.05, 0) is 24.3 Å². The molecule has 5 heteroatoms. The van der Waals surface area contributed by atoms with Gasteiger partial charge in [-0.3, -0.25) is 0 Å². The van der Waals surface area contributed by atoms with Crippen LogP contribution in [0.4, 0.5) is 10.1 Å². The Morgan fingerprint density at radius 1 is 1.50 bits per heavy atom. The number of benzene rings is 1. The number of hydrogen-bond acceptors (Lipinski definition) is 4. The maximum atomic E-state index is 12.7. The van der Waals surface area contributed by atoms with E-state index in [4.69, 9.17) is 10.5 Å². The summed E-state index contributed by atoms with van der Waals surface area (Å²) in [6, 6.07) is 6.65. The van der Waals surface area contributed by atoms with Crippen molar-refractivity contribution >= 4 is 11.7 Å². The molecule has 1 aromatic rings. The van der Waals surface area contributed by atoms with Crippen LogP contribution < -0.4 is 10.6 Å². The Labute approximate surface area is 93.5 Å². The summed E-state index contributed by atoms with van der Waals surface area (Å²) < 4.78 is 17.8. The lowest BCUT2D eigenvalue weighted by molar-refractivity contribution is 0.314. The fourth-order valence-electron chi connectivity index (χ4n) is 1.65. The molecule has 4 nitrogen and oxygen atoms in total. The number of nitrogens with two attached hydrogens (primary N) is 1. The van der Waals surface area contributed by atoms with Crippen LogP contribution in [-0.2, 0) is 4.74 Å². The molecule has 1 unspecified atom stereocenters. The smallest absolute Gasteiger partial charge is 0.282 e. The lowest BCUT2D eigenvalue weighted by Gasteiger charge is -2.20. The van der Waals surface area contributed by atoms with Gasteiger partial charge < -0.3 is 15.4 Å². The van der Waals surface area contributed by atoms with Gasteiger partial charge in [-0.15, -0.1) is 0 Å². The molecule has 1 atom stereocenters. The standard InChI is InChI=1S/C11H14FN3O/c1-15(6-9-7-16-11(13)14-9)10-4-2-8(12)3-5-10/h2-5,9H,6-7H2,1H3,(H2,13,14). The van der Waals surface area contributed by atoms with Gasteiger partial charge in [0.15, 0.2) is 0 Å². The molecule has 0 spiro atoms. The number of aliphatic imine (C=N–C) groups is 1. The molecule has 16 heavy (non-hydrogen) atoms. The third-order valence-corrected chi connectivity index (χ3v) is 2.49. The zero-order valence-electron chi connectivity index (χ0n) is 9.06. The molecule has 2 N–H and O–H groups in total. The van der Waals surface area contributed by atoms with E-state index in [1.807, 2.05) is 11.9 Å². The molecule has 1 aromatic carbocycles. The zero-order valence-corrected chi connectivity index (χ0v) is 9.06. The second-order valence-electron chi connectivity index (χ2n) is 3.79. The molecule has 0 radical (unpaired) electrons. The van der Waals surface area contributed by atoms with E-state index < -0.39 is 0 Å². The van der Waals surface area contributed by atoms with Crippen LogP contribution in [0.3, 0.4) is 0 Å². The van der Waals surface area contributed by atoms with E-state index in [1.54, 1.807) is 12.1 Å². The number of likely N-dealkylation sites (N-methyl/N-ethyl adjacent to an activating group) is 1. The van der Waals surface area contributed by atoms with Crippen LogP contribution in [0, 0.1) is 5.82 Å². The first kappa shape index (κ1) is 10.7. The summed E-state index contributed by atoms with van der Waals surface area (Å²) in [4.78, 5) is 6.12. The largest absolute Gasteiger partial charge is 0.463 e. The van der Waals surface area contributed by atoms with Gasteiger partial charge >= 0.3 is 0 Å². The Morgan fingerprint density at radius 3 is 2.75 bits per heavy atom. The number of rotatable bonds is 3. The molecule has 0 saturated carbocycles. The van der Waals surface area contributed by atoms with Crippen LogP contribution in [0.5, 0.6) is 0 Å². The minimum absolute atomic E-state index is 0.0510. The zero-order chi connectivity index (χ0) is 11.5. The molecule has 86 valence electrons. The van der Waals surface area contributed by atoms with Crippen molar-refractivity contribution in [3.05, 3.63) is 30.1 Å². The maximum Gasteiger partial charge on any atom is 0.282 e. The number of halogens is 1. The van der Waals surface area contributed by atoms with Gasteiger partial charge in [-0.2, -0.15) is 0 Å². The molecule has 1 aliphatic heterocycles. The molecule has 0 bridgehead atoms. The van der Waals surface area contributed by atoms with Crippen LogP contribution in [0.1, 0.15) is 0 Å². The van der Waals surface area contributed by atoms with Gasteiger partial charge in [0.25, 0.3) is 6.02 Å². The highest BCUT2D eigenvalue weighted by Gasteiger charge is 2.18. The van der Waals surface area contributed by atoms with Crippen molar-refractivity contribution in [3.8, 4) is 0 Å². The molecule has 0 aromatic heterocycles. The van der Waals surface area contributed by atoms with Crippen LogP contribution in [-0.4, -0.2) is 32.3 Å². The first-order valence-corrected chi connectivity index (χ1v) is 5.08. The predicted molar refractivity (Wildman–Crippen MR) is 61.0 cm³/mol. The monoisotopic (exact) mass is 223 g/mol. The summed E-state index contributed by atoms with van der Waals surface area (Å²) in [5.74, 6) is -0.233. The molecular formula is C11H14FN3O. The average molecular weight is 223 g/mol. The Kier molecular flexibility index (Phi) is 2.94. The third kappa shape index (κ3) is 2.42. The number of amidine groups is 1. The molecular weight excluding hydrogens is 209 g/mol. The van der Waals surface area contributed by atoms with E-state index in [2.05, 4.69) is 4.99 Å². The summed E-state index contributed by atoms with van der Waals surface area (Å²) in [5, 5.41) is 0. The highest BCUT2D eigenvalue weighted by Crippen LogP contribution is 2.14. The predicted octanol–water partition coefficient (Wildman–Crippen LogP) is 0.975. The van der Waals surface area contributed by atoms with Gasteiger partial charge in [-0.25, -0.2) is 9.38 Å². The topological polar surface area (TPSA) is 50.9 Å². The van der Waals surface area contributed by atoms with Gasteiger partial charge in [0.1, 0.15) is 18.5 Å². The summed E-state index contributed by atoms with van der Waals surface area (Å²) in [7, 11) is 1.93. The van der Waals surface area contributed by atoms with Crippen LogP contribution in [0.2, 0.25) is 0 Å². The summed E-state index contributed by atoms with van der Waals surface area (Å²) in [6.07, 6.45) is 0. The first-order valence-electron chi connectivity index (χ1n) is 5.08. The third-order valence-electron chi connectivity index (χ3n) is 2.49. The molecule has 0 amide bonds. The van der Waals surface area contributed by atoms with Crippen molar-refractivity contribution in [3.63, 3.8) is 0 Å². The minimum atomic E-state index is -0.233. The number of anilines is 1. The quantitative estimate of drug-likeness (QED) is 0.830. The van der Waals surface area contributed by atoms with Crippen LogP contribution >= 0.6 is 0 Å². The van der Waals surface area contributed by atoms with E-state index >= 15 is 0 Å². The van der Waals surface area contributed by atoms with Gasteiger partial charge in [0, 0.05) is 19.3 Å². The lowest BCUT2D eigenvalue weighted by atomic mass is 10.2. The van der Waals surface area contributed by atoms with Crippen LogP contribution in [0.15, 0.2) is 29.3 Å². The fraction of sp³-hybridized carbons (Fsp3) is 0.364. The van der Waals surface area contributed by atoms with Gasteiger partial charge in [0.05, 0.1) is 0 Å². The molecule has 1 aliphatic rings. The van der Waals surface area contributed by atoms with Crippen molar-refractivity contribution in [2.24, 2.45) is 10.7 Å². The summed E-state index contributed by atoms with van der Waals surface area (Å²) in [6.45, 7) is 1.21. The van der Waals surface area contributed by atoms with Crippen LogP contribution in [0.25, 0.3) is 0 Å². The van der Waals surface area contributed by atoms with Crippen molar-refractivity contribution < 1.29 is 9.13 Å². The summed E-state index contributed by atoms with van der Waals surface area (Å²) in [5.41, 5.74) is 6.37. The highest BCUT2D eigenvalue weighted by atomic mass is 19.1. The van der Waals surface area contributed by atoms with Crippen molar-refractivity contribution in [1.82, 2.24) is 0 Å². The van der Waals surface area contributed by atoms with Gasteiger partial charge in [-0.1, -0.05) is 0 Å². The van der Waals surface area contributed by atoms with E-state index in [-0.39, 0.29) is 17.9 Å². The average Bonchev–Trinajstić information content (AvgIpc) is 2.65. The molecule has 0 saturated heterocycles. The second-order valence-corrected chi connectivity index (χ2v) is 3.79. The SMILES string of the molecule is CN(CC1COC(N)=N1)c1ccc(F)cc1. The summed E-state index contributed by atoms with van der Waals surface area (Å²) >= 11 is 0. The fourth-order valence-corrected chi connectivity index (χ4v) is 1.65. The first-order chi connectivity index (χ1) is 7.65. The van der Waals surface area contributed by atoms with E-state index in [9.17, 15) is 4.39 Å². The van der Waals surface area contributed by atoms with Crippen molar-refractivity contribution in [1.29, 1.82) is 0 Å². The number of hydrogen-bond donors (Lipinski definition) is 1. The molecule has 0 aliphatic carbocycles. The highest BCUT2D eigenvalue weighted by molar-refractivity contribution is 5.73. The Bertz CT molecular complexity index is 391. The second kappa shape index (κ2) is 4.38. The normalized spacial score (nSPS) is 19.1. The van der Waals surface area contributed by atoms with E-state index in [1.165, 1.54) is 12.1 Å². The van der Waals surface area contributed by atoms with Gasteiger partial charge in [0.2, 0.25) is 0 Å². The Morgan fingerprint density at radius 2 is 2.19 bits per heavy atom. The lowest BCUT2D eigenvalue weighted by Crippen LogP contribution is -2.28. The van der Waals surface area contributed by atoms with Crippen molar-refractivity contribution in [2.75, 3.05) is 25.1 Å². The number of nitrogens with zero attached hydrogens (tertiary/aromatic N) is 2. The Hall–Kier alpha value is -1.78. The van der Waals surface area contributed by atoms with E-state index in [0.29, 0.717) is 13.2 Å². The molecule has 0 fully saturated rings. The Balaban J connectivity index is 1.97. The minimum Gasteiger partial charge on any atom is -0.463 e. The molecule has 2 rings (SSSR count). The number of ether oxygens (including phenoxy) is 1. The van der Waals surface area contributed by atoms with E-state index in [0.717, 1.165) is 5.69 Å². The maximum absolute atomic E-state index is 12.7.